The third-order valence-electron chi connectivity index (χ3n) is 4.03. The number of hydrogen-bond donors (Lipinski definition) is 1. The molecule has 3 rings (SSSR count). The highest BCUT2D eigenvalue weighted by atomic mass is 16.6. The average molecular weight is 343 g/mol. The van der Waals surface area contributed by atoms with Crippen molar-refractivity contribution in [3.8, 4) is 5.69 Å². The van der Waals surface area contributed by atoms with Crippen LogP contribution in [0.3, 0.4) is 0 Å². The van der Waals surface area contributed by atoms with Crippen molar-refractivity contribution < 1.29 is 9.53 Å². The first-order valence-electron chi connectivity index (χ1n) is 8.59. The minimum absolute atomic E-state index is 0.0832. The molecule has 2 heterocycles. The largest absolute Gasteiger partial charge is 0.444 e. The predicted octanol–water partition coefficient (Wildman–Crippen LogP) is 2.54. The highest BCUT2D eigenvalue weighted by Gasteiger charge is 2.26. The number of nitrogens with one attached hydrogen (secondary N) is 1. The number of carbonyl (C=O) groups excluding carboxylic acids is 1. The number of rotatable bonds is 2. The smallest absolute Gasteiger partial charge is 0.410 e. The lowest BCUT2D eigenvalue weighted by molar-refractivity contribution is 0.0247. The van der Waals surface area contributed by atoms with Gasteiger partial charge in [0, 0.05) is 13.1 Å². The van der Waals surface area contributed by atoms with Crippen LogP contribution in [-0.2, 0) is 4.74 Å². The van der Waals surface area contributed by atoms with Crippen molar-refractivity contribution in [2.75, 3.05) is 19.6 Å². The van der Waals surface area contributed by atoms with Gasteiger partial charge >= 0.3 is 6.09 Å². The Bertz CT molecular complexity index is 691. The zero-order chi connectivity index (χ0) is 17.9. The van der Waals surface area contributed by atoms with Crippen LogP contribution in [0.1, 0.15) is 38.8 Å². The van der Waals surface area contributed by atoms with E-state index in [0.717, 1.165) is 24.2 Å². The van der Waals surface area contributed by atoms with Crippen molar-refractivity contribution in [2.45, 2.75) is 38.8 Å². The maximum atomic E-state index is 12.4. The second-order valence-electron chi connectivity index (χ2n) is 7.22. The van der Waals surface area contributed by atoms with Gasteiger partial charge in [0.15, 0.2) is 0 Å². The van der Waals surface area contributed by atoms with Crippen LogP contribution in [0.25, 0.3) is 5.69 Å². The summed E-state index contributed by atoms with van der Waals surface area (Å²) < 4.78 is 7.25. The van der Waals surface area contributed by atoms with Crippen LogP contribution in [0.4, 0.5) is 4.79 Å². The number of hydrogen-bond acceptors (Lipinski definition) is 5. The number of benzene rings is 1. The topological polar surface area (TPSA) is 72.3 Å². The SMILES string of the molecule is CC(C)(C)OC(=O)N1CCCNC(c2ccc(-n3cncn3)cc2)C1. The third-order valence-corrected chi connectivity index (χ3v) is 4.03. The maximum absolute atomic E-state index is 12.4. The van der Waals surface area contributed by atoms with Gasteiger partial charge in [-0.3, -0.25) is 0 Å². The Morgan fingerprint density at radius 1 is 1.28 bits per heavy atom. The van der Waals surface area contributed by atoms with Crippen LogP contribution >= 0.6 is 0 Å². The van der Waals surface area contributed by atoms with Crippen molar-refractivity contribution in [3.05, 3.63) is 42.5 Å². The van der Waals surface area contributed by atoms with Crippen molar-refractivity contribution in [3.63, 3.8) is 0 Å². The summed E-state index contributed by atoms with van der Waals surface area (Å²) >= 11 is 0. The predicted molar refractivity (Wildman–Crippen MR) is 94.5 cm³/mol. The van der Waals surface area contributed by atoms with E-state index < -0.39 is 5.60 Å². The second-order valence-corrected chi connectivity index (χ2v) is 7.22. The first-order chi connectivity index (χ1) is 11.9. The summed E-state index contributed by atoms with van der Waals surface area (Å²) in [6.45, 7) is 7.84. The van der Waals surface area contributed by atoms with Gasteiger partial charge in [-0.25, -0.2) is 14.5 Å². The van der Waals surface area contributed by atoms with E-state index in [1.807, 2.05) is 32.9 Å². The van der Waals surface area contributed by atoms with Crippen molar-refractivity contribution in [1.82, 2.24) is 25.0 Å². The molecule has 0 bridgehead atoms. The van der Waals surface area contributed by atoms with Crippen molar-refractivity contribution in [2.24, 2.45) is 0 Å². The number of nitrogens with zero attached hydrogens (tertiary/aromatic N) is 4. The van der Waals surface area contributed by atoms with E-state index in [-0.39, 0.29) is 12.1 Å². The quantitative estimate of drug-likeness (QED) is 0.907. The number of carbonyl (C=O) groups is 1. The fraction of sp³-hybridized carbons (Fsp3) is 0.500. The van der Waals surface area contributed by atoms with Gasteiger partial charge in [-0.2, -0.15) is 5.10 Å². The van der Waals surface area contributed by atoms with Gasteiger partial charge in [-0.05, 0) is 51.4 Å². The Morgan fingerprint density at radius 3 is 2.68 bits per heavy atom. The van der Waals surface area contributed by atoms with E-state index in [9.17, 15) is 4.79 Å². The summed E-state index contributed by atoms with van der Waals surface area (Å²) in [5, 5.41) is 7.65. The molecule has 1 N–H and O–H groups in total. The molecule has 1 unspecified atom stereocenters. The van der Waals surface area contributed by atoms with Gasteiger partial charge in [0.1, 0.15) is 18.3 Å². The first kappa shape index (κ1) is 17.4. The molecule has 1 aliphatic heterocycles. The lowest BCUT2D eigenvalue weighted by Crippen LogP contribution is -2.39. The molecule has 0 aliphatic carbocycles. The molecule has 0 spiro atoms. The molecule has 7 nitrogen and oxygen atoms in total. The Kier molecular flexibility index (Phi) is 5.03. The third kappa shape index (κ3) is 4.57. The molecule has 0 radical (unpaired) electrons. The van der Waals surface area contributed by atoms with Crippen LogP contribution in [0.15, 0.2) is 36.9 Å². The van der Waals surface area contributed by atoms with Crippen molar-refractivity contribution in [1.29, 1.82) is 0 Å². The average Bonchev–Trinajstić information content (AvgIpc) is 2.98. The fourth-order valence-corrected chi connectivity index (χ4v) is 2.84. The summed E-state index contributed by atoms with van der Waals surface area (Å²) in [5.74, 6) is 0. The molecular weight excluding hydrogens is 318 g/mol. The van der Waals surface area contributed by atoms with E-state index in [0.29, 0.717) is 13.1 Å². The van der Waals surface area contributed by atoms with Crippen LogP contribution in [0.2, 0.25) is 0 Å². The lowest BCUT2D eigenvalue weighted by atomic mass is 10.1. The first-order valence-corrected chi connectivity index (χ1v) is 8.59. The summed E-state index contributed by atoms with van der Waals surface area (Å²) in [5.41, 5.74) is 1.62. The molecule has 1 aromatic heterocycles. The molecule has 1 aromatic carbocycles. The normalized spacial score (nSPS) is 18.7. The van der Waals surface area contributed by atoms with Crippen molar-refractivity contribution >= 4 is 6.09 Å². The molecule has 25 heavy (non-hydrogen) atoms. The van der Waals surface area contributed by atoms with Crippen LogP contribution < -0.4 is 5.32 Å². The van der Waals surface area contributed by atoms with Gasteiger partial charge in [-0.15, -0.1) is 0 Å². The molecule has 1 aliphatic rings. The van der Waals surface area contributed by atoms with E-state index >= 15 is 0 Å². The second kappa shape index (κ2) is 7.23. The fourth-order valence-electron chi connectivity index (χ4n) is 2.84. The van der Waals surface area contributed by atoms with E-state index in [4.69, 9.17) is 4.74 Å². The number of aromatic nitrogens is 3. The van der Waals surface area contributed by atoms with Gasteiger partial charge in [-0.1, -0.05) is 12.1 Å². The highest BCUT2D eigenvalue weighted by molar-refractivity contribution is 5.68. The molecule has 1 atom stereocenters. The maximum Gasteiger partial charge on any atom is 0.410 e. The molecule has 1 saturated heterocycles. The highest BCUT2D eigenvalue weighted by Crippen LogP contribution is 2.20. The summed E-state index contributed by atoms with van der Waals surface area (Å²) in [6.07, 6.45) is 3.84. The van der Waals surface area contributed by atoms with E-state index in [2.05, 4.69) is 27.5 Å². The summed E-state index contributed by atoms with van der Waals surface area (Å²) in [4.78, 5) is 18.2. The lowest BCUT2D eigenvalue weighted by Gasteiger charge is -2.28. The van der Waals surface area contributed by atoms with Crippen LogP contribution in [0, 0.1) is 0 Å². The zero-order valence-corrected chi connectivity index (χ0v) is 15.0. The minimum atomic E-state index is -0.480. The Labute approximate surface area is 148 Å². The number of amides is 1. The Morgan fingerprint density at radius 2 is 2.04 bits per heavy atom. The van der Waals surface area contributed by atoms with Crippen LogP contribution in [0.5, 0.6) is 0 Å². The molecular formula is C18H25N5O2. The Balaban J connectivity index is 1.71. The Hall–Kier alpha value is -2.41. The summed E-state index contributed by atoms with van der Waals surface area (Å²) in [6, 6.07) is 8.23. The molecule has 134 valence electrons. The van der Waals surface area contributed by atoms with Gasteiger partial charge in [0.25, 0.3) is 0 Å². The molecule has 1 amide bonds. The molecule has 2 aromatic rings. The standard InChI is InChI=1S/C18H25N5O2/c1-18(2,3)25-17(24)22-10-4-9-20-16(11-22)14-5-7-15(8-6-14)23-13-19-12-21-23/h5-8,12-13,16,20H,4,9-11H2,1-3H3. The number of ether oxygens (including phenoxy) is 1. The van der Waals surface area contributed by atoms with E-state index in [1.54, 1.807) is 15.9 Å². The van der Waals surface area contributed by atoms with Gasteiger partial charge in [0.2, 0.25) is 0 Å². The van der Waals surface area contributed by atoms with E-state index in [1.165, 1.54) is 6.33 Å². The molecule has 1 fully saturated rings. The van der Waals surface area contributed by atoms with Gasteiger partial charge in [0.05, 0.1) is 11.7 Å². The minimum Gasteiger partial charge on any atom is -0.444 e. The molecule has 7 heteroatoms. The summed E-state index contributed by atoms with van der Waals surface area (Å²) in [7, 11) is 0. The monoisotopic (exact) mass is 343 g/mol. The van der Waals surface area contributed by atoms with Crippen LogP contribution in [-0.4, -0.2) is 51.0 Å². The molecule has 0 saturated carbocycles. The van der Waals surface area contributed by atoms with Gasteiger partial charge < -0.3 is 15.0 Å². The zero-order valence-electron chi connectivity index (χ0n) is 15.0.